The van der Waals surface area contributed by atoms with E-state index in [-0.39, 0.29) is 11.3 Å². The molecule has 8 nitrogen and oxygen atoms in total. The van der Waals surface area contributed by atoms with Crippen LogP contribution in [0.1, 0.15) is 16.1 Å². The van der Waals surface area contributed by atoms with Crippen molar-refractivity contribution in [1.29, 1.82) is 0 Å². The lowest BCUT2D eigenvalue weighted by Gasteiger charge is -2.09. The molecule has 4 rings (SSSR count). The first-order chi connectivity index (χ1) is 15.0. The van der Waals surface area contributed by atoms with Gasteiger partial charge in [0, 0.05) is 23.5 Å². The maximum absolute atomic E-state index is 13.8. The molecule has 4 aromatic rings. The van der Waals surface area contributed by atoms with Crippen molar-refractivity contribution in [2.24, 2.45) is 0 Å². The number of nitrogens with one attached hydrogen (secondary N) is 1. The molecule has 0 bridgehead atoms. The van der Waals surface area contributed by atoms with E-state index in [0.717, 1.165) is 11.8 Å². The summed E-state index contributed by atoms with van der Waals surface area (Å²) in [5.41, 5.74) is 1.59. The molecular weight excluding hydrogens is 401 g/mol. The van der Waals surface area contributed by atoms with Gasteiger partial charge in [-0.05, 0) is 61.5 Å². The second-order valence-electron chi connectivity index (χ2n) is 6.56. The van der Waals surface area contributed by atoms with E-state index in [4.69, 9.17) is 9.47 Å². The van der Waals surface area contributed by atoms with Gasteiger partial charge in [-0.25, -0.2) is 9.07 Å². The summed E-state index contributed by atoms with van der Waals surface area (Å²) < 4.78 is 26.0. The highest BCUT2D eigenvalue weighted by molar-refractivity contribution is 6.04. The number of anilines is 1. The van der Waals surface area contributed by atoms with Crippen molar-refractivity contribution < 1.29 is 18.7 Å². The molecule has 0 saturated carbocycles. The maximum atomic E-state index is 13.8. The molecule has 0 aliphatic carbocycles. The summed E-state index contributed by atoms with van der Waals surface area (Å²) >= 11 is 0. The Morgan fingerprint density at radius 3 is 2.45 bits per heavy atom. The van der Waals surface area contributed by atoms with E-state index in [1.807, 2.05) is 13.0 Å². The molecule has 0 fully saturated rings. The number of amides is 1. The molecule has 2 heterocycles. The number of aryl methyl sites for hydroxylation is 1. The summed E-state index contributed by atoms with van der Waals surface area (Å²) in [4.78, 5) is 12.3. The molecule has 2 aromatic carbocycles. The Morgan fingerprint density at radius 2 is 1.84 bits per heavy atom. The quantitative estimate of drug-likeness (QED) is 0.505. The van der Waals surface area contributed by atoms with Crippen LogP contribution < -0.4 is 14.8 Å². The van der Waals surface area contributed by atoms with Gasteiger partial charge >= 0.3 is 0 Å². The molecule has 0 radical (unpaired) electrons. The molecule has 156 valence electrons. The van der Waals surface area contributed by atoms with E-state index < -0.39 is 11.7 Å². The van der Waals surface area contributed by atoms with Gasteiger partial charge in [0.1, 0.15) is 5.75 Å². The molecule has 0 unspecified atom stereocenters. The van der Waals surface area contributed by atoms with E-state index in [0.29, 0.717) is 23.1 Å². The Kier molecular flexibility index (Phi) is 5.57. The summed E-state index contributed by atoms with van der Waals surface area (Å²) in [6, 6.07) is 16.0. The van der Waals surface area contributed by atoms with Crippen LogP contribution in [-0.4, -0.2) is 33.0 Å². The first-order valence-corrected chi connectivity index (χ1v) is 9.31. The van der Waals surface area contributed by atoms with E-state index in [2.05, 4.69) is 20.6 Å². The zero-order chi connectivity index (χ0) is 21.8. The third kappa shape index (κ3) is 4.67. The van der Waals surface area contributed by atoms with Crippen LogP contribution in [0.15, 0.2) is 66.9 Å². The SMILES string of the molecule is COc1ccc(C(=O)Nc2ccc(Oc3ccc(-n4ccc(C)n4)nn3)cc2)cc1F. The van der Waals surface area contributed by atoms with Gasteiger partial charge in [-0.3, -0.25) is 4.79 Å². The lowest BCUT2D eigenvalue weighted by atomic mass is 10.2. The number of carbonyl (C=O) groups is 1. The summed E-state index contributed by atoms with van der Waals surface area (Å²) in [5.74, 6) is 0.449. The Hall–Kier alpha value is -4.27. The fraction of sp³-hybridized carbons (Fsp3) is 0.0909. The third-order valence-corrected chi connectivity index (χ3v) is 4.33. The van der Waals surface area contributed by atoms with Crippen molar-refractivity contribution in [3.8, 4) is 23.2 Å². The van der Waals surface area contributed by atoms with Crippen LogP contribution in [0, 0.1) is 12.7 Å². The lowest BCUT2D eigenvalue weighted by molar-refractivity contribution is 0.102. The Morgan fingerprint density at radius 1 is 1.03 bits per heavy atom. The zero-order valence-electron chi connectivity index (χ0n) is 16.7. The van der Waals surface area contributed by atoms with E-state index in [1.54, 1.807) is 47.3 Å². The number of carbonyl (C=O) groups excluding carboxylic acids is 1. The number of hydrogen-bond donors (Lipinski definition) is 1. The third-order valence-electron chi connectivity index (χ3n) is 4.33. The average Bonchev–Trinajstić information content (AvgIpc) is 3.22. The standard InChI is InChI=1S/C22H18FN5O3/c1-14-11-12-28(27-14)20-9-10-21(26-25-20)31-17-6-4-16(5-7-17)24-22(29)15-3-8-19(30-2)18(23)13-15/h3-13H,1-2H3,(H,24,29). The number of hydrogen-bond acceptors (Lipinski definition) is 6. The van der Waals surface area contributed by atoms with Gasteiger partial charge in [0.05, 0.1) is 12.8 Å². The van der Waals surface area contributed by atoms with Crippen LogP contribution in [0.25, 0.3) is 5.82 Å². The van der Waals surface area contributed by atoms with Gasteiger partial charge in [-0.15, -0.1) is 10.2 Å². The van der Waals surface area contributed by atoms with Gasteiger partial charge in [0.15, 0.2) is 17.4 Å². The molecule has 0 saturated heterocycles. The smallest absolute Gasteiger partial charge is 0.255 e. The van der Waals surface area contributed by atoms with Crippen molar-refractivity contribution in [2.75, 3.05) is 12.4 Å². The molecule has 1 N–H and O–H groups in total. The van der Waals surface area contributed by atoms with Crippen molar-refractivity contribution in [2.45, 2.75) is 6.92 Å². The summed E-state index contributed by atoms with van der Waals surface area (Å²) in [7, 11) is 1.36. The van der Waals surface area contributed by atoms with Gasteiger partial charge in [0.2, 0.25) is 5.88 Å². The fourth-order valence-electron chi connectivity index (χ4n) is 2.77. The van der Waals surface area contributed by atoms with Gasteiger partial charge in [0.25, 0.3) is 5.91 Å². The topological polar surface area (TPSA) is 91.2 Å². The molecular formula is C22H18FN5O3. The molecule has 0 spiro atoms. The summed E-state index contributed by atoms with van der Waals surface area (Å²) in [6.45, 7) is 1.89. The van der Waals surface area contributed by atoms with Crippen LogP contribution in [0.3, 0.4) is 0 Å². The summed E-state index contributed by atoms with van der Waals surface area (Å²) in [5, 5.41) is 15.1. The molecule has 9 heteroatoms. The Labute approximate surface area is 177 Å². The maximum Gasteiger partial charge on any atom is 0.255 e. The van der Waals surface area contributed by atoms with Crippen LogP contribution in [0.5, 0.6) is 17.4 Å². The number of ether oxygens (including phenoxy) is 2. The predicted molar refractivity (Wildman–Crippen MR) is 111 cm³/mol. The molecule has 0 atom stereocenters. The second-order valence-corrected chi connectivity index (χ2v) is 6.56. The van der Waals surface area contributed by atoms with Crippen LogP contribution >= 0.6 is 0 Å². The van der Waals surface area contributed by atoms with Gasteiger partial charge < -0.3 is 14.8 Å². The van der Waals surface area contributed by atoms with Crippen molar-refractivity contribution in [3.63, 3.8) is 0 Å². The largest absolute Gasteiger partial charge is 0.494 e. The highest BCUT2D eigenvalue weighted by Crippen LogP contribution is 2.23. The minimum absolute atomic E-state index is 0.0777. The Bertz CT molecular complexity index is 1210. The fourth-order valence-corrected chi connectivity index (χ4v) is 2.77. The Balaban J connectivity index is 1.39. The van der Waals surface area contributed by atoms with Crippen molar-refractivity contribution >= 4 is 11.6 Å². The first-order valence-electron chi connectivity index (χ1n) is 9.31. The highest BCUT2D eigenvalue weighted by atomic mass is 19.1. The minimum atomic E-state index is -0.603. The number of aromatic nitrogens is 4. The van der Waals surface area contributed by atoms with E-state index in [9.17, 15) is 9.18 Å². The minimum Gasteiger partial charge on any atom is -0.494 e. The highest BCUT2D eigenvalue weighted by Gasteiger charge is 2.11. The molecule has 31 heavy (non-hydrogen) atoms. The zero-order valence-corrected chi connectivity index (χ0v) is 16.7. The summed E-state index contributed by atoms with van der Waals surface area (Å²) in [6.07, 6.45) is 1.80. The lowest BCUT2D eigenvalue weighted by Crippen LogP contribution is -2.12. The molecule has 0 aliphatic rings. The predicted octanol–water partition coefficient (Wildman–Crippen LogP) is 4.16. The number of rotatable bonds is 6. The molecule has 1 amide bonds. The average molecular weight is 419 g/mol. The van der Waals surface area contributed by atoms with Crippen LogP contribution in [0.4, 0.5) is 10.1 Å². The normalized spacial score (nSPS) is 10.5. The monoisotopic (exact) mass is 419 g/mol. The molecule has 0 aliphatic heterocycles. The second kappa shape index (κ2) is 8.62. The number of halogens is 1. The number of methoxy groups -OCH3 is 1. The van der Waals surface area contributed by atoms with Crippen molar-refractivity contribution in [3.05, 3.63) is 83.9 Å². The van der Waals surface area contributed by atoms with Crippen LogP contribution in [-0.2, 0) is 0 Å². The molecule has 2 aromatic heterocycles. The van der Waals surface area contributed by atoms with E-state index in [1.165, 1.54) is 19.2 Å². The first kappa shape index (κ1) is 20.0. The van der Waals surface area contributed by atoms with E-state index >= 15 is 0 Å². The van der Waals surface area contributed by atoms with Crippen LogP contribution in [0.2, 0.25) is 0 Å². The van der Waals surface area contributed by atoms with Gasteiger partial charge in [-0.1, -0.05) is 0 Å². The number of nitrogens with zero attached hydrogens (tertiary/aromatic N) is 4. The van der Waals surface area contributed by atoms with Crippen molar-refractivity contribution in [1.82, 2.24) is 20.0 Å². The van der Waals surface area contributed by atoms with Gasteiger partial charge in [-0.2, -0.15) is 5.10 Å². The number of benzene rings is 2.